The van der Waals surface area contributed by atoms with Crippen molar-refractivity contribution < 1.29 is 19.1 Å². The van der Waals surface area contributed by atoms with E-state index in [1.54, 1.807) is 24.1 Å². The second-order valence-electron chi connectivity index (χ2n) is 6.98. The molecule has 0 radical (unpaired) electrons. The van der Waals surface area contributed by atoms with Crippen LogP contribution in [0.3, 0.4) is 0 Å². The minimum Gasteiger partial charge on any atom is -0.448 e. The van der Waals surface area contributed by atoms with Gasteiger partial charge in [0.15, 0.2) is 0 Å². The Bertz CT molecular complexity index is 885. The van der Waals surface area contributed by atoms with Crippen LogP contribution in [0, 0.1) is 0 Å². The summed E-state index contributed by atoms with van der Waals surface area (Å²) in [4.78, 5) is 39.6. The smallest absolute Gasteiger partial charge is 0.409 e. The fourth-order valence-electron chi connectivity index (χ4n) is 3.14. The number of anilines is 1. The van der Waals surface area contributed by atoms with Crippen LogP contribution in [-0.2, 0) is 9.53 Å². The van der Waals surface area contributed by atoms with Gasteiger partial charge in [0.25, 0.3) is 5.91 Å². The van der Waals surface area contributed by atoms with Crippen LogP contribution in [0.4, 0.5) is 10.5 Å². The number of nitrogens with one attached hydrogen (secondary N) is 1. The molecule has 1 N–H and O–H groups in total. The van der Waals surface area contributed by atoms with Crippen LogP contribution in [0.1, 0.15) is 35.3 Å². The summed E-state index contributed by atoms with van der Waals surface area (Å²) < 4.78 is 4.88. The van der Waals surface area contributed by atoms with Gasteiger partial charge in [-0.25, -0.2) is 4.79 Å². The third kappa shape index (κ3) is 5.13. The fourth-order valence-corrected chi connectivity index (χ4v) is 3.14. The summed E-state index contributed by atoms with van der Waals surface area (Å²) in [5.74, 6) is -0.242. The van der Waals surface area contributed by atoms with Gasteiger partial charge in [-0.05, 0) is 36.8 Å². The summed E-state index contributed by atoms with van der Waals surface area (Å²) in [5, 5.41) is 2.89. The Morgan fingerprint density at radius 3 is 2.62 bits per heavy atom. The lowest BCUT2D eigenvalue weighted by Crippen LogP contribution is -2.34. The molecule has 2 aromatic carbocycles. The summed E-state index contributed by atoms with van der Waals surface area (Å²) in [7, 11) is 1.74. The average molecular weight is 395 g/mol. The van der Waals surface area contributed by atoms with Gasteiger partial charge in [0.1, 0.15) is 6.61 Å². The van der Waals surface area contributed by atoms with E-state index in [0.717, 1.165) is 5.56 Å². The van der Waals surface area contributed by atoms with E-state index in [2.05, 4.69) is 5.32 Å². The van der Waals surface area contributed by atoms with E-state index in [-0.39, 0.29) is 30.4 Å². The van der Waals surface area contributed by atoms with Gasteiger partial charge in [-0.1, -0.05) is 30.3 Å². The number of nitrogens with zero attached hydrogens (tertiary/aromatic N) is 2. The molecule has 7 heteroatoms. The molecule has 7 nitrogen and oxygen atoms in total. The number of benzene rings is 2. The van der Waals surface area contributed by atoms with Crippen molar-refractivity contribution in [2.45, 2.75) is 19.4 Å². The van der Waals surface area contributed by atoms with Gasteiger partial charge in [-0.3, -0.25) is 9.59 Å². The van der Waals surface area contributed by atoms with Crippen LogP contribution in [0.5, 0.6) is 0 Å². The molecule has 0 spiro atoms. The van der Waals surface area contributed by atoms with Gasteiger partial charge >= 0.3 is 6.09 Å². The van der Waals surface area contributed by atoms with Crippen molar-refractivity contribution in [1.82, 2.24) is 9.80 Å². The van der Waals surface area contributed by atoms with Gasteiger partial charge in [-0.15, -0.1) is 0 Å². The summed E-state index contributed by atoms with van der Waals surface area (Å²) in [5.41, 5.74) is 2.16. The molecule has 1 aliphatic rings. The second-order valence-corrected chi connectivity index (χ2v) is 6.98. The standard InChI is InChI=1S/C22H25N3O4/c1-16(24(2)20(26)11-12-25-13-14-29-22(25)28)18-9-6-10-19(15-18)23-21(27)17-7-4-3-5-8-17/h3-10,15-16H,11-14H2,1-2H3,(H,23,27)/t16-/m1/s1. The predicted molar refractivity (Wildman–Crippen MR) is 110 cm³/mol. The maximum Gasteiger partial charge on any atom is 0.409 e. The average Bonchev–Trinajstić information content (AvgIpc) is 3.16. The number of cyclic esters (lactones) is 1. The van der Waals surface area contributed by atoms with Crippen molar-refractivity contribution in [3.05, 3.63) is 65.7 Å². The highest BCUT2D eigenvalue weighted by Crippen LogP contribution is 2.23. The van der Waals surface area contributed by atoms with E-state index < -0.39 is 0 Å². The molecule has 0 aliphatic carbocycles. The molecular weight excluding hydrogens is 370 g/mol. The van der Waals surface area contributed by atoms with Gasteiger partial charge in [0, 0.05) is 31.3 Å². The Balaban J connectivity index is 1.60. The van der Waals surface area contributed by atoms with E-state index in [9.17, 15) is 14.4 Å². The first kappa shape index (κ1) is 20.4. The second kappa shape index (κ2) is 9.23. The van der Waals surface area contributed by atoms with E-state index in [4.69, 9.17) is 4.74 Å². The molecule has 1 saturated heterocycles. The molecule has 152 valence electrons. The highest BCUT2D eigenvalue weighted by molar-refractivity contribution is 6.04. The minimum atomic E-state index is -0.365. The van der Waals surface area contributed by atoms with Crippen LogP contribution in [0.25, 0.3) is 0 Å². The molecule has 1 aliphatic heterocycles. The molecule has 0 aromatic heterocycles. The van der Waals surface area contributed by atoms with E-state index in [1.807, 2.05) is 49.4 Å². The van der Waals surface area contributed by atoms with Crippen LogP contribution in [-0.4, -0.2) is 54.5 Å². The van der Waals surface area contributed by atoms with Crippen LogP contribution >= 0.6 is 0 Å². The molecule has 0 saturated carbocycles. The lowest BCUT2D eigenvalue weighted by molar-refractivity contribution is -0.132. The summed E-state index contributed by atoms with van der Waals surface area (Å²) in [6.45, 7) is 3.18. The topological polar surface area (TPSA) is 79.0 Å². The highest BCUT2D eigenvalue weighted by Gasteiger charge is 2.24. The van der Waals surface area contributed by atoms with Gasteiger partial charge in [0.2, 0.25) is 5.91 Å². The molecule has 29 heavy (non-hydrogen) atoms. The Kier molecular flexibility index (Phi) is 6.49. The van der Waals surface area contributed by atoms with E-state index in [0.29, 0.717) is 30.9 Å². The fraction of sp³-hybridized carbons (Fsp3) is 0.318. The third-order valence-electron chi connectivity index (χ3n) is 5.08. The number of rotatable bonds is 7. The molecule has 1 fully saturated rings. The largest absolute Gasteiger partial charge is 0.448 e. The summed E-state index contributed by atoms with van der Waals surface area (Å²) in [6.07, 6.45) is -0.129. The lowest BCUT2D eigenvalue weighted by atomic mass is 10.1. The Labute approximate surface area is 170 Å². The van der Waals surface area contributed by atoms with Crippen LogP contribution in [0.15, 0.2) is 54.6 Å². The number of carbonyl (C=O) groups is 3. The van der Waals surface area contributed by atoms with Gasteiger partial charge in [-0.2, -0.15) is 0 Å². The van der Waals surface area contributed by atoms with Crippen molar-refractivity contribution >= 4 is 23.6 Å². The SMILES string of the molecule is C[C@H](c1cccc(NC(=O)c2ccccc2)c1)N(C)C(=O)CCN1CCOC1=O. The number of hydrogen-bond donors (Lipinski definition) is 1. The first-order valence-electron chi connectivity index (χ1n) is 9.59. The van der Waals surface area contributed by atoms with E-state index >= 15 is 0 Å². The van der Waals surface area contributed by atoms with Crippen molar-refractivity contribution in [3.63, 3.8) is 0 Å². The molecule has 0 bridgehead atoms. The maximum atomic E-state index is 12.5. The lowest BCUT2D eigenvalue weighted by Gasteiger charge is -2.26. The Morgan fingerprint density at radius 1 is 1.17 bits per heavy atom. The summed E-state index contributed by atoms with van der Waals surface area (Å²) in [6, 6.07) is 16.3. The molecule has 3 rings (SSSR count). The van der Waals surface area contributed by atoms with Crippen LogP contribution in [0.2, 0.25) is 0 Å². The van der Waals surface area contributed by atoms with Gasteiger partial charge in [0.05, 0.1) is 12.6 Å². The molecule has 3 amide bonds. The highest BCUT2D eigenvalue weighted by atomic mass is 16.6. The molecular formula is C22H25N3O4. The molecule has 1 atom stereocenters. The monoisotopic (exact) mass is 395 g/mol. The molecule has 0 unspecified atom stereocenters. The first-order valence-corrected chi connectivity index (χ1v) is 9.59. The first-order chi connectivity index (χ1) is 14.0. The Morgan fingerprint density at radius 2 is 1.93 bits per heavy atom. The normalized spacial score (nSPS) is 14.3. The van der Waals surface area contributed by atoms with Crippen LogP contribution < -0.4 is 5.32 Å². The van der Waals surface area contributed by atoms with Crippen molar-refractivity contribution in [2.24, 2.45) is 0 Å². The van der Waals surface area contributed by atoms with Crippen molar-refractivity contribution in [3.8, 4) is 0 Å². The number of amides is 3. The Hall–Kier alpha value is -3.35. The van der Waals surface area contributed by atoms with Crippen molar-refractivity contribution in [1.29, 1.82) is 0 Å². The summed E-state index contributed by atoms with van der Waals surface area (Å²) >= 11 is 0. The quantitative estimate of drug-likeness (QED) is 0.780. The zero-order chi connectivity index (χ0) is 20.8. The molecule has 2 aromatic rings. The third-order valence-corrected chi connectivity index (χ3v) is 5.08. The zero-order valence-electron chi connectivity index (χ0n) is 16.6. The number of ether oxygens (including phenoxy) is 1. The van der Waals surface area contributed by atoms with Gasteiger partial charge < -0.3 is 19.9 Å². The molecule has 1 heterocycles. The minimum absolute atomic E-state index is 0.0593. The predicted octanol–water partition coefficient (Wildman–Crippen LogP) is 3.30. The maximum absolute atomic E-state index is 12.5. The number of hydrogen-bond acceptors (Lipinski definition) is 4. The van der Waals surface area contributed by atoms with Crippen molar-refractivity contribution in [2.75, 3.05) is 32.1 Å². The zero-order valence-corrected chi connectivity index (χ0v) is 16.6. The number of carbonyl (C=O) groups excluding carboxylic acids is 3. The van der Waals surface area contributed by atoms with E-state index in [1.165, 1.54) is 4.90 Å².